The molecule has 1 aromatic heterocycles. The molecule has 0 aromatic carbocycles. The van der Waals surface area contributed by atoms with Crippen LogP contribution in [0.2, 0.25) is 0 Å². The average molecular weight is 243 g/mol. The first-order chi connectivity index (χ1) is 7.88. The second-order valence-corrected chi connectivity index (χ2v) is 4.96. The van der Waals surface area contributed by atoms with E-state index in [0.29, 0.717) is 12.5 Å². The van der Waals surface area contributed by atoms with Crippen LogP contribution in [0.3, 0.4) is 0 Å². The Kier molecular flexibility index (Phi) is 4.53. The van der Waals surface area contributed by atoms with Gasteiger partial charge in [-0.15, -0.1) is 0 Å². The van der Waals surface area contributed by atoms with Gasteiger partial charge in [-0.1, -0.05) is 11.3 Å². The summed E-state index contributed by atoms with van der Waals surface area (Å²) in [7, 11) is 0. The minimum atomic E-state index is 0.622. The molecule has 0 radical (unpaired) electrons. The lowest BCUT2D eigenvalue weighted by molar-refractivity contribution is 0.0163. The highest BCUT2D eigenvalue weighted by Crippen LogP contribution is 2.19. The number of rotatable bonds is 5. The third kappa shape index (κ3) is 3.41. The zero-order valence-electron chi connectivity index (χ0n) is 9.15. The SMILES string of the molecule is NNc1ncc(COCC2CCOCC2)s1. The van der Waals surface area contributed by atoms with Gasteiger partial charge in [0, 0.05) is 19.4 Å². The van der Waals surface area contributed by atoms with Crippen LogP contribution in [0, 0.1) is 5.92 Å². The van der Waals surface area contributed by atoms with Crippen molar-refractivity contribution in [1.29, 1.82) is 0 Å². The molecule has 5 nitrogen and oxygen atoms in total. The zero-order valence-corrected chi connectivity index (χ0v) is 9.96. The van der Waals surface area contributed by atoms with Crippen molar-refractivity contribution in [2.75, 3.05) is 25.2 Å². The topological polar surface area (TPSA) is 69.4 Å². The summed E-state index contributed by atoms with van der Waals surface area (Å²) in [6.07, 6.45) is 4.01. The smallest absolute Gasteiger partial charge is 0.197 e. The van der Waals surface area contributed by atoms with E-state index in [-0.39, 0.29) is 0 Å². The molecular weight excluding hydrogens is 226 g/mol. The summed E-state index contributed by atoms with van der Waals surface area (Å²) in [5.74, 6) is 5.90. The number of anilines is 1. The van der Waals surface area contributed by atoms with Gasteiger partial charge in [0.2, 0.25) is 0 Å². The lowest BCUT2D eigenvalue weighted by Gasteiger charge is -2.21. The van der Waals surface area contributed by atoms with E-state index in [9.17, 15) is 0 Å². The van der Waals surface area contributed by atoms with Crippen LogP contribution in [-0.2, 0) is 16.1 Å². The molecule has 0 aliphatic carbocycles. The first-order valence-corrected chi connectivity index (χ1v) is 6.27. The van der Waals surface area contributed by atoms with Crippen LogP contribution in [0.15, 0.2) is 6.20 Å². The summed E-state index contributed by atoms with van der Waals surface area (Å²) in [5.41, 5.74) is 2.52. The van der Waals surface area contributed by atoms with Crippen molar-refractivity contribution in [3.8, 4) is 0 Å². The van der Waals surface area contributed by atoms with Crippen LogP contribution in [0.5, 0.6) is 0 Å². The Balaban J connectivity index is 1.66. The maximum atomic E-state index is 5.66. The normalized spacial score (nSPS) is 17.6. The fourth-order valence-corrected chi connectivity index (χ4v) is 2.34. The fourth-order valence-electron chi connectivity index (χ4n) is 1.68. The standard InChI is InChI=1S/C10H17N3O2S/c11-13-10-12-5-9(16-10)7-15-6-8-1-3-14-4-2-8/h5,8H,1-4,6-7,11H2,(H,12,13). The molecular formula is C10H17N3O2S. The summed E-state index contributed by atoms with van der Waals surface area (Å²) < 4.78 is 11.0. The third-order valence-corrected chi connectivity index (χ3v) is 3.52. The van der Waals surface area contributed by atoms with Gasteiger partial charge in [0.1, 0.15) is 0 Å². The molecule has 0 bridgehead atoms. The van der Waals surface area contributed by atoms with Crippen molar-refractivity contribution in [3.05, 3.63) is 11.1 Å². The third-order valence-electron chi connectivity index (χ3n) is 2.62. The zero-order chi connectivity index (χ0) is 11.2. The van der Waals surface area contributed by atoms with Crippen molar-refractivity contribution < 1.29 is 9.47 Å². The van der Waals surface area contributed by atoms with E-state index in [2.05, 4.69) is 10.4 Å². The fraction of sp³-hybridized carbons (Fsp3) is 0.700. The van der Waals surface area contributed by atoms with Gasteiger partial charge in [0.25, 0.3) is 0 Å². The van der Waals surface area contributed by atoms with Gasteiger partial charge in [-0.3, -0.25) is 5.43 Å². The van der Waals surface area contributed by atoms with Gasteiger partial charge in [-0.05, 0) is 18.8 Å². The first kappa shape index (κ1) is 11.8. The van der Waals surface area contributed by atoms with Gasteiger partial charge in [-0.25, -0.2) is 10.8 Å². The van der Waals surface area contributed by atoms with E-state index >= 15 is 0 Å². The van der Waals surface area contributed by atoms with Gasteiger partial charge in [-0.2, -0.15) is 0 Å². The number of thiazole rings is 1. The molecule has 6 heteroatoms. The molecule has 1 aliphatic rings. The molecule has 2 heterocycles. The predicted molar refractivity (Wildman–Crippen MR) is 63.1 cm³/mol. The Morgan fingerprint density at radius 2 is 2.38 bits per heavy atom. The van der Waals surface area contributed by atoms with Gasteiger partial charge in [0.05, 0.1) is 18.1 Å². The van der Waals surface area contributed by atoms with E-state index < -0.39 is 0 Å². The largest absolute Gasteiger partial charge is 0.381 e. The van der Waals surface area contributed by atoms with Crippen molar-refractivity contribution in [2.24, 2.45) is 11.8 Å². The minimum absolute atomic E-state index is 0.622. The van der Waals surface area contributed by atoms with E-state index in [1.54, 1.807) is 6.20 Å². The van der Waals surface area contributed by atoms with Crippen molar-refractivity contribution in [2.45, 2.75) is 19.4 Å². The lowest BCUT2D eigenvalue weighted by Crippen LogP contribution is -2.19. The van der Waals surface area contributed by atoms with Crippen LogP contribution in [0.25, 0.3) is 0 Å². The maximum absolute atomic E-state index is 5.66. The summed E-state index contributed by atoms with van der Waals surface area (Å²) in [6.45, 7) is 3.18. The minimum Gasteiger partial charge on any atom is -0.381 e. The number of nitrogen functional groups attached to an aromatic ring is 1. The molecule has 90 valence electrons. The molecule has 1 saturated heterocycles. The number of ether oxygens (including phenoxy) is 2. The molecule has 0 spiro atoms. The average Bonchev–Trinajstić information content (AvgIpc) is 2.78. The second-order valence-electron chi connectivity index (χ2n) is 3.85. The summed E-state index contributed by atoms with van der Waals surface area (Å²) in [6, 6.07) is 0. The molecule has 16 heavy (non-hydrogen) atoms. The molecule has 0 atom stereocenters. The van der Waals surface area contributed by atoms with Crippen molar-refractivity contribution in [1.82, 2.24) is 4.98 Å². The quantitative estimate of drug-likeness (QED) is 0.604. The number of aromatic nitrogens is 1. The summed E-state index contributed by atoms with van der Waals surface area (Å²) >= 11 is 1.52. The predicted octanol–water partition coefficient (Wildman–Crippen LogP) is 1.37. The number of hydrazine groups is 1. The van der Waals surface area contributed by atoms with E-state index in [0.717, 1.165) is 42.7 Å². The molecule has 0 unspecified atom stereocenters. The van der Waals surface area contributed by atoms with Gasteiger partial charge < -0.3 is 9.47 Å². The Hall–Kier alpha value is -0.690. The molecule has 1 aromatic rings. The maximum Gasteiger partial charge on any atom is 0.197 e. The van der Waals surface area contributed by atoms with E-state index in [1.807, 2.05) is 0 Å². The Labute approximate surface area is 98.9 Å². The summed E-state index contributed by atoms with van der Waals surface area (Å²) in [5, 5.41) is 0.727. The molecule has 0 amide bonds. The molecule has 1 aliphatic heterocycles. The van der Waals surface area contributed by atoms with Crippen molar-refractivity contribution in [3.63, 3.8) is 0 Å². The van der Waals surface area contributed by atoms with Gasteiger partial charge in [0.15, 0.2) is 5.13 Å². The molecule has 0 saturated carbocycles. The first-order valence-electron chi connectivity index (χ1n) is 5.45. The van der Waals surface area contributed by atoms with Crippen LogP contribution in [0.1, 0.15) is 17.7 Å². The second kappa shape index (κ2) is 6.15. The number of hydrogen-bond donors (Lipinski definition) is 2. The highest BCUT2D eigenvalue weighted by molar-refractivity contribution is 7.15. The van der Waals surface area contributed by atoms with Crippen LogP contribution < -0.4 is 11.3 Å². The van der Waals surface area contributed by atoms with E-state index in [4.69, 9.17) is 15.3 Å². The number of hydrogen-bond acceptors (Lipinski definition) is 6. The highest BCUT2D eigenvalue weighted by Gasteiger charge is 2.13. The highest BCUT2D eigenvalue weighted by atomic mass is 32.1. The Morgan fingerprint density at radius 1 is 1.56 bits per heavy atom. The monoisotopic (exact) mass is 243 g/mol. The Morgan fingerprint density at radius 3 is 3.06 bits per heavy atom. The number of nitrogens with zero attached hydrogens (tertiary/aromatic N) is 1. The van der Waals surface area contributed by atoms with Crippen LogP contribution >= 0.6 is 11.3 Å². The van der Waals surface area contributed by atoms with E-state index in [1.165, 1.54) is 11.3 Å². The van der Waals surface area contributed by atoms with Crippen LogP contribution in [-0.4, -0.2) is 24.8 Å². The van der Waals surface area contributed by atoms with Crippen LogP contribution in [0.4, 0.5) is 5.13 Å². The number of nitrogens with one attached hydrogen (secondary N) is 1. The molecule has 2 rings (SSSR count). The lowest BCUT2D eigenvalue weighted by atomic mass is 10.0. The van der Waals surface area contributed by atoms with Gasteiger partial charge >= 0.3 is 0 Å². The molecule has 1 fully saturated rings. The van der Waals surface area contributed by atoms with Crippen molar-refractivity contribution >= 4 is 16.5 Å². The number of nitrogens with two attached hydrogens (primary N) is 1. The summed E-state index contributed by atoms with van der Waals surface area (Å²) in [4.78, 5) is 5.18. The Bertz CT molecular complexity index is 313. The molecule has 3 N–H and O–H groups in total.